The van der Waals surface area contributed by atoms with Crippen molar-refractivity contribution in [2.24, 2.45) is 0 Å². The highest BCUT2D eigenvalue weighted by Crippen LogP contribution is 2.35. The summed E-state index contributed by atoms with van der Waals surface area (Å²) in [5.74, 6) is -0.669. The number of nitro benzene ring substituents is 1. The van der Waals surface area contributed by atoms with E-state index in [0.717, 1.165) is 17.5 Å². The van der Waals surface area contributed by atoms with Crippen LogP contribution < -0.4 is 0 Å². The van der Waals surface area contributed by atoms with Crippen molar-refractivity contribution in [3.05, 3.63) is 117 Å². The predicted molar refractivity (Wildman–Crippen MR) is 127 cm³/mol. The van der Waals surface area contributed by atoms with Crippen molar-refractivity contribution in [3.8, 4) is 0 Å². The minimum Gasteiger partial charge on any atom is -0.362 e. The summed E-state index contributed by atoms with van der Waals surface area (Å²) in [6.07, 6.45) is 1.33. The summed E-state index contributed by atoms with van der Waals surface area (Å²) in [5, 5.41) is 11.1. The van der Waals surface area contributed by atoms with E-state index in [2.05, 4.69) is 6.07 Å². The molecular weight excluding hydrogens is 430 g/mol. The molecule has 0 spiro atoms. The first kappa shape index (κ1) is 21.6. The number of amides is 2. The lowest BCUT2D eigenvalue weighted by Gasteiger charge is -2.31. The van der Waals surface area contributed by atoms with Crippen molar-refractivity contribution in [3.63, 3.8) is 0 Å². The van der Waals surface area contributed by atoms with Crippen LogP contribution in [0.25, 0.3) is 5.57 Å². The molecule has 2 heterocycles. The van der Waals surface area contributed by atoms with E-state index in [4.69, 9.17) is 0 Å². The Morgan fingerprint density at radius 1 is 0.824 bits per heavy atom. The summed E-state index contributed by atoms with van der Waals surface area (Å²) in [4.78, 5) is 41.1. The molecule has 0 atom stereocenters. The summed E-state index contributed by atoms with van der Waals surface area (Å²) in [7, 11) is 0. The number of nitro groups is 1. The Labute approximate surface area is 197 Å². The van der Waals surface area contributed by atoms with Crippen LogP contribution in [0.3, 0.4) is 0 Å². The molecule has 0 bridgehead atoms. The fourth-order valence-corrected chi connectivity index (χ4v) is 4.64. The highest BCUT2D eigenvalue weighted by atomic mass is 16.6. The second-order valence-electron chi connectivity index (χ2n) is 8.47. The molecular formula is C27H23N3O4. The normalized spacial score (nSPS) is 15.6. The molecule has 2 aliphatic rings. The van der Waals surface area contributed by atoms with Gasteiger partial charge in [-0.05, 0) is 47.2 Å². The first-order chi connectivity index (χ1) is 16.5. The lowest BCUT2D eigenvalue weighted by atomic mass is 9.98. The quantitative estimate of drug-likeness (QED) is 0.320. The van der Waals surface area contributed by atoms with Gasteiger partial charge in [0.25, 0.3) is 17.5 Å². The van der Waals surface area contributed by atoms with Crippen molar-refractivity contribution >= 4 is 23.1 Å². The number of carbonyl (C=O) groups is 2. The van der Waals surface area contributed by atoms with E-state index in [9.17, 15) is 19.7 Å². The zero-order valence-electron chi connectivity index (χ0n) is 18.5. The summed E-state index contributed by atoms with van der Waals surface area (Å²) in [6, 6.07) is 23.7. The highest BCUT2D eigenvalue weighted by molar-refractivity contribution is 6.35. The Morgan fingerprint density at radius 3 is 2.21 bits per heavy atom. The number of carbonyl (C=O) groups excluding carboxylic acids is 2. The first-order valence-electron chi connectivity index (χ1n) is 11.2. The second-order valence-corrected chi connectivity index (χ2v) is 8.47. The fraction of sp³-hybridized carbons (Fsp3) is 0.185. The van der Waals surface area contributed by atoms with E-state index < -0.39 is 4.92 Å². The maximum atomic E-state index is 13.6. The summed E-state index contributed by atoms with van der Waals surface area (Å²) in [5.41, 5.74) is 4.56. The predicted octanol–water partition coefficient (Wildman–Crippen LogP) is 3.98. The second kappa shape index (κ2) is 8.94. The molecule has 3 aromatic rings. The minimum atomic E-state index is -0.478. The number of non-ortho nitro benzene ring substituents is 1. The van der Waals surface area contributed by atoms with E-state index in [1.807, 2.05) is 53.4 Å². The highest BCUT2D eigenvalue weighted by Gasteiger charge is 2.42. The Balaban J connectivity index is 1.51. The number of imide groups is 1. The number of hydrogen-bond donors (Lipinski definition) is 0. The van der Waals surface area contributed by atoms with Crippen LogP contribution in [-0.4, -0.2) is 39.6 Å². The third-order valence-corrected chi connectivity index (χ3v) is 6.42. The van der Waals surface area contributed by atoms with Crippen LogP contribution in [0.2, 0.25) is 0 Å². The van der Waals surface area contributed by atoms with Gasteiger partial charge in [0.1, 0.15) is 5.70 Å². The standard InChI is InChI=1S/C27H23N3O4/c31-26-24(21-10-12-23(13-11-21)30(33)34)25(28-16-15-20-8-4-5-9-22(20)18-28)27(32)29(26)17-14-19-6-2-1-3-7-19/h1-13H,14-18H2. The molecule has 3 aromatic carbocycles. The largest absolute Gasteiger partial charge is 0.362 e. The lowest BCUT2D eigenvalue weighted by Crippen LogP contribution is -2.38. The first-order valence-corrected chi connectivity index (χ1v) is 11.2. The van der Waals surface area contributed by atoms with Crippen LogP contribution in [0.1, 0.15) is 22.3 Å². The fourth-order valence-electron chi connectivity index (χ4n) is 4.64. The smallest absolute Gasteiger partial charge is 0.277 e. The van der Waals surface area contributed by atoms with Gasteiger partial charge in [0.15, 0.2) is 0 Å². The lowest BCUT2D eigenvalue weighted by molar-refractivity contribution is -0.384. The molecule has 0 saturated carbocycles. The van der Waals surface area contributed by atoms with E-state index in [-0.39, 0.29) is 24.0 Å². The van der Waals surface area contributed by atoms with Crippen molar-refractivity contribution in [1.29, 1.82) is 0 Å². The van der Waals surface area contributed by atoms with Gasteiger partial charge in [-0.15, -0.1) is 0 Å². The van der Waals surface area contributed by atoms with Gasteiger partial charge in [-0.3, -0.25) is 24.6 Å². The van der Waals surface area contributed by atoms with E-state index in [1.54, 1.807) is 12.1 Å². The van der Waals surface area contributed by atoms with E-state index in [0.29, 0.717) is 36.3 Å². The van der Waals surface area contributed by atoms with Crippen molar-refractivity contribution in [2.75, 3.05) is 13.1 Å². The number of hydrogen-bond acceptors (Lipinski definition) is 5. The molecule has 7 nitrogen and oxygen atoms in total. The molecule has 5 rings (SSSR count). The van der Waals surface area contributed by atoms with Gasteiger partial charge in [0.05, 0.1) is 10.5 Å². The van der Waals surface area contributed by atoms with Gasteiger partial charge in [-0.1, -0.05) is 54.6 Å². The summed E-state index contributed by atoms with van der Waals surface area (Å²) >= 11 is 0. The minimum absolute atomic E-state index is 0.0597. The van der Waals surface area contributed by atoms with Gasteiger partial charge in [-0.2, -0.15) is 0 Å². The molecule has 34 heavy (non-hydrogen) atoms. The average molecular weight is 453 g/mol. The third-order valence-electron chi connectivity index (χ3n) is 6.42. The van der Waals surface area contributed by atoms with Crippen LogP contribution in [0, 0.1) is 10.1 Å². The molecule has 0 saturated heterocycles. The van der Waals surface area contributed by atoms with Gasteiger partial charge in [0.2, 0.25) is 0 Å². The third kappa shape index (κ3) is 3.96. The number of nitrogens with zero attached hydrogens (tertiary/aromatic N) is 3. The monoisotopic (exact) mass is 453 g/mol. The van der Waals surface area contributed by atoms with Crippen LogP contribution in [0.15, 0.2) is 84.6 Å². The molecule has 2 aliphatic heterocycles. The van der Waals surface area contributed by atoms with Crippen molar-refractivity contribution in [1.82, 2.24) is 9.80 Å². The van der Waals surface area contributed by atoms with Crippen molar-refractivity contribution in [2.45, 2.75) is 19.4 Å². The molecule has 170 valence electrons. The van der Waals surface area contributed by atoms with Crippen LogP contribution in [0.5, 0.6) is 0 Å². The van der Waals surface area contributed by atoms with Crippen LogP contribution in [0.4, 0.5) is 5.69 Å². The molecule has 2 amide bonds. The van der Waals surface area contributed by atoms with Gasteiger partial charge >= 0.3 is 0 Å². The Kier molecular flexibility index (Phi) is 5.67. The molecule has 0 radical (unpaired) electrons. The summed E-state index contributed by atoms with van der Waals surface area (Å²) < 4.78 is 0. The molecule has 0 unspecified atom stereocenters. The molecule has 0 N–H and O–H groups in total. The number of benzene rings is 3. The van der Waals surface area contributed by atoms with Gasteiger partial charge < -0.3 is 4.90 Å². The number of rotatable bonds is 6. The van der Waals surface area contributed by atoms with Gasteiger partial charge in [0, 0.05) is 31.8 Å². The maximum Gasteiger partial charge on any atom is 0.277 e. The Morgan fingerprint density at radius 2 is 1.50 bits per heavy atom. The molecule has 7 heteroatoms. The average Bonchev–Trinajstić information content (AvgIpc) is 3.12. The van der Waals surface area contributed by atoms with E-state index in [1.165, 1.54) is 22.6 Å². The topological polar surface area (TPSA) is 83.8 Å². The maximum absolute atomic E-state index is 13.6. The van der Waals surface area contributed by atoms with E-state index >= 15 is 0 Å². The van der Waals surface area contributed by atoms with Gasteiger partial charge in [-0.25, -0.2) is 0 Å². The Hall–Kier alpha value is -4.26. The molecule has 0 aromatic heterocycles. The summed E-state index contributed by atoms with van der Waals surface area (Å²) in [6.45, 7) is 1.42. The van der Waals surface area contributed by atoms with Crippen molar-refractivity contribution < 1.29 is 14.5 Å². The number of fused-ring (bicyclic) bond motifs is 1. The zero-order valence-corrected chi connectivity index (χ0v) is 18.5. The van der Waals surface area contributed by atoms with Crippen LogP contribution in [-0.2, 0) is 29.0 Å². The molecule has 0 fully saturated rings. The SMILES string of the molecule is O=C1C(c2ccc([N+](=O)[O-])cc2)=C(N2CCc3ccccc3C2)C(=O)N1CCc1ccccc1. The molecule has 0 aliphatic carbocycles. The Bertz CT molecular complexity index is 1300. The van der Waals surface area contributed by atoms with Crippen LogP contribution >= 0.6 is 0 Å². The zero-order chi connectivity index (χ0) is 23.7.